The van der Waals surface area contributed by atoms with Crippen molar-refractivity contribution >= 4 is 35.1 Å². The number of hydrogen-bond donors (Lipinski definition) is 1. The minimum atomic E-state index is -0.597. The number of benzene rings is 2. The number of amides is 1. The molecule has 2 aromatic rings. The van der Waals surface area contributed by atoms with Gasteiger partial charge < -0.3 is 14.8 Å². The number of anilines is 1. The van der Waals surface area contributed by atoms with Gasteiger partial charge in [-0.05, 0) is 49.2 Å². The highest BCUT2D eigenvalue weighted by Gasteiger charge is 2.31. The van der Waals surface area contributed by atoms with Crippen LogP contribution in [-0.4, -0.2) is 17.8 Å². The number of esters is 2. The van der Waals surface area contributed by atoms with Crippen molar-refractivity contribution in [2.24, 2.45) is 11.3 Å². The monoisotopic (exact) mass is 415 g/mol. The van der Waals surface area contributed by atoms with Gasteiger partial charge in [-0.3, -0.25) is 9.59 Å². The maximum atomic E-state index is 12.4. The van der Waals surface area contributed by atoms with Crippen molar-refractivity contribution in [2.75, 3.05) is 5.32 Å². The van der Waals surface area contributed by atoms with Gasteiger partial charge in [-0.2, -0.15) is 0 Å². The van der Waals surface area contributed by atoms with Crippen molar-refractivity contribution in [3.8, 4) is 11.5 Å². The molecule has 1 N–H and O–H groups in total. The van der Waals surface area contributed by atoms with Crippen LogP contribution in [0.1, 0.15) is 44.0 Å². The van der Waals surface area contributed by atoms with Crippen LogP contribution in [0.4, 0.5) is 5.69 Å². The van der Waals surface area contributed by atoms with Crippen LogP contribution in [0.3, 0.4) is 0 Å². The van der Waals surface area contributed by atoms with E-state index < -0.39 is 11.4 Å². The molecule has 29 heavy (non-hydrogen) atoms. The zero-order valence-electron chi connectivity index (χ0n) is 16.5. The van der Waals surface area contributed by atoms with Crippen LogP contribution in [0.15, 0.2) is 42.5 Å². The normalized spacial score (nSPS) is 13.5. The third kappa shape index (κ3) is 5.81. The SMILES string of the molecule is CC(C)(C)C(=O)Nc1ccc(C(=O)Oc2cc(Cl)cc(OC(=O)C3CC3)c2)cc1. The van der Waals surface area contributed by atoms with E-state index in [1.807, 2.05) is 20.8 Å². The first-order valence-corrected chi connectivity index (χ1v) is 9.65. The van der Waals surface area contributed by atoms with Crippen molar-refractivity contribution in [2.45, 2.75) is 33.6 Å². The van der Waals surface area contributed by atoms with Crippen molar-refractivity contribution < 1.29 is 23.9 Å². The second-order valence-corrected chi connectivity index (χ2v) is 8.43. The van der Waals surface area contributed by atoms with Crippen LogP contribution >= 0.6 is 11.6 Å². The predicted molar refractivity (Wildman–Crippen MR) is 109 cm³/mol. The molecular formula is C22H22ClNO5. The van der Waals surface area contributed by atoms with E-state index in [1.54, 1.807) is 24.3 Å². The highest BCUT2D eigenvalue weighted by molar-refractivity contribution is 6.30. The minimum Gasteiger partial charge on any atom is -0.426 e. The lowest BCUT2D eigenvalue weighted by molar-refractivity contribution is -0.135. The van der Waals surface area contributed by atoms with Crippen molar-refractivity contribution in [1.29, 1.82) is 0 Å². The van der Waals surface area contributed by atoms with Crippen molar-refractivity contribution in [1.82, 2.24) is 0 Å². The zero-order valence-corrected chi connectivity index (χ0v) is 17.2. The molecule has 0 saturated heterocycles. The molecule has 1 amide bonds. The Hall–Kier alpha value is -2.86. The Morgan fingerprint density at radius 3 is 2.10 bits per heavy atom. The molecule has 0 radical (unpaired) electrons. The molecule has 2 aromatic carbocycles. The molecule has 0 heterocycles. The summed E-state index contributed by atoms with van der Waals surface area (Å²) in [4.78, 5) is 36.2. The molecule has 1 saturated carbocycles. The maximum absolute atomic E-state index is 12.4. The number of ether oxygens (including phenoxy) is 2. The molecule has 7 heteroatoms. The molecular weight excluding hydrogens is 394 g/mol. The number of hydrogen-bond acceptors (Lipinski definition) is 5. The topological polar surface area (TPSA) is 81.7 Å². The number of carbonyl (C=O) groups excluding carboxylic acids is 3. The third-order valence-corrected chi connectivity index (χ3v) is 4.46. The summed E-state index contributed by atoms with van der Waals surface area (Å²) < 4.78 is 10.6. The second kappa shape index (κ2) is 8.25. The van der Waals surface area contributed by atoms with E-state index in [2.05, 4.69) is 5.32 Å². The molecule has 1 fully saturated rings. The van der Waals surface area contributed by atoms with Gasteiger partial charge in [0.15, 0.2) is 0 Å². The molecule has 0 aromatic heterocycles. The molecule has 1 aliphatic rings. The molecule has 0 atom stereocenters. The quantitative estimate of drug-likeness (QED) is 0.557. The summed E-state index contributed by atoms with van der Waals surface area (Å²) >= 11 is 6.04. The average molecular weight is 416 g/mol. The van der Waals surface area contributed by atoms with Gasteiger partial charge >= 0.3 is 11.9 Å². The van der Waals surface area contributed by atoms with Gasteiger partial charge in [0, 0.05) is 22.2 Å². The molecule has 0 bridgehead atoms. The molecule has 0 spiro atoms. The standard InChI is InChI=1S/C22H22ClNO5/c1-22(2,3)21(27)24-16-8-6-14(7-9-16)20(26)29-18-11-15(23)10-17(12-18)28-19(25)13-4-5-13/h6-13H,4-5H2,1-3H3,(H,24,27). The fourth-order valence-electron chi connectivity index (χ4n) is 2.35. The van der Waals surface area contributed by atoms with E-state index in [1.165, 1.54) is 18.2 Å². The second-order valence-electron chi connectivity index (χ2n) is 7.99. The molecule has 1 aliphatic carbocycles. The summed E-state index contributed by atoms with van der Waals surface area (Å²) in [6, 6.07) is 10.8. The molecule has 0 aliphatic heterocycles. The number of nitrogens with one attached hydrogen (secondary N) is 1. The van der Waals surface area contributed by atoms with Crippen LogP contribution in [0.5, 0.6) is 11.5 Å². The lowest BCUT2D eigenvalue weighted by atomic mass is 9.95. The van der Waals surface area contributed by atoms with E-state index in [-0.39, 0.29) is 34.3 Å². The average Bonchev–Trinajstić information content (AvgIpc) is 3.46. The van der Waals surface area contributed by atoms with Crippen LogP contribution in [-0.2, 0) is 9.59 Å². The zero-order chi connectivity index (χ0) is 21.2. The largest absolute Gasteiger partial charge is 0.426 e. The smallest absolute Gasteiger partial charge is 0.343 e. The Kier molecular flexibility index (Phi) is 5.94. The highest BCUT2D eigenvalue weighted by atomic mass is 35.5. The van der Waals surface area contributed by atoms with Gasteiger partial charge in [0.2, 0.25) is 5.91 Å². The van der Waals surface area contributed by atoms with Crippen LogP contribution in [0, 0.1) is 11.3 Å². The van der Waals surface area contributed by atoms with Gasteiger partial charge in [-0.25, -0.2) is 4.79 Å². The summed E-state index contributed by atoms with van der Waals surface area (Å²) in [5.74, 6) is -0.682. The number of carbonyl (C=O) groups is 3. The first-order valence-electron chi connectivity index (χ1n) is 9.28. The molecule has 0 unspecified atom stereocenters. The van der Waals surface area contributed by atoms with Gasteiger partial charge in [-0.15, -0.1) is 0 Å². The highest BCUT2D eigenvalue weighted by Crippen LogP contribution is 2.33. The van der Waals surface area contributed by atoms with E-state index >= 15 is 0 Å². The third-order valence-electron chi connectivity index (χ3n) is 4.24. The molecule has 3 rings (SSSR count). The lowest BCUT2D eigenvalue weighted by Crippen LogP contribution is -2.27. The predicted octanol–water partition coefficient (Wildman–Crippen LogP) is 4.86. The van der Waals surface area contributed by atoms with Gasteiger partial charge in [0.25, 0.3) is 0 Å². The maximum Gasteiger partial charge on any atom is 0.343 e. The molecule has 152 valence electrons. The van der Waals surface area contributed by atoms with Gasteiger partial charge in [0.1, 0.15) is 11.5 Å². The van der Waals surface area contributed by atoms with Crippen molar-refractivity contribution in [3.05, 3.63) is 53.1 Å². The van der Waals surface area contributed by atoms with Gasteiger partial charge in [0.05, 0.1) is 11.5 Å². The lowest BCUT2D eigenvalue weighted by Gasteiger charge is -2.17. The van der Waals surface area contributed by atoms with Crippen LogP contribution < -0.4 is 14.8 Å². The van der Waals surface area contributed by atoms with E-state index in [0.29, 0.717) is 11.3 Å². The van der Waals surface area contributed by atoms with E-state index in [0.717, 1.165) is 12.8 Å². The summed E-state index contributed by atoms with van der Waals surface area (Å²) in [6.07, 6.45) is 1.65. The Morgan fingerprint density at radius 1 is 0.966 bits per heavy atom. The summed E-state index contributed by atoms with van der Waals surface area (Å²) in [5.41, 5.74) is 0.360. The van der Waals surface area contributed by atoms with Crippen LogP contribution in [0.2, 0.25) is 5.02 Å². The first-order chi connectivity index (χ1) is 13.6. The Labute approximate surface area is 174 Å². The Morgan fingerprint density at radius 2 is 1.55 bits per heavy atom. The number of rotatable bonds is 5. The summed E-state index contributed by atoms with van der Waals surface area (Å²) in [7, 11) is 0. The van der Waals surface area contributed by atoms with Crippen LogP contribution in [0.25, 0.3) is 0 Å². The fourth-order valence-corrected chi connectivity index (χ4v) is 2.56. The number of halogens is 1. The minimum absolute atomic E-state index is 0.0581. The van der Waals surface area contributed by atoms with E-state index in [9.17, 15) is 14.4 Å². The fraction of sp³-hybridized carbons (Fsp3) is 0.318. The summed E-state index contributed by atoms with van der Waals surface area (Å²) in [6.45, 7) is 5.44. The Bertz CT molecular complexity index is 943. The first kappa shape index (κ1) is 20.9. The van der Waals surface area contributed by atoms with Crippen molar-refractivity contribution in [3.63, 3.8) is 0 Å². The molecule has 6 nitrogen and oxygen atoms in total. The van der Waals surface area contributed by atoms with E-state index in [4.69, 9.17) is 21.1 Å². The van der Waals surface area contributed by atoms with Gasteiger partial charge in [-0.1, -0.05) is 32.4 Å². The Balaban J connectivity index is 1.66. The summed E-state index contributed by atoms with van der Waals surface area (Å²) in [5, 5.41) is 3.07.